The van der Waals surface area contributed by atoms with Gasteiger partial charge in [-0.05, 0) is 6.08 Å². The van der Waals surface area contributed by atoms with Crippen molar-refractivity contribution in [2.24, 2.45) is 5.92 Å². The third kappa shape index (κ3) is 2.15. The number of hydrogen-bond acceptors (Lipinski definition) is 4. The van der Waals surface area contributed by atoms with E-state index in [1.807, 2.05) is 0 Å². The third-order valence-electron chi connectivity index (χ3n) is 1.68. The number of carbonyl (C=O) groups is 1. The van der Waals surface area contributed by atoms with Crippen LogP contribution in [0.4, 0.5) is 0 Å². The van der Waals surface area contributed by atoms with Crippen LogP contribution in [-0.4, -0.2) is 26.6 Å². The van der Waals surface area contributed by atoms with E-state index in [-0.39, 0.29) is 11.7 Å². The predicted octanol–water partition coefficient (Wildman–Crippen LogP) is 0.106. The Labute approximate surface area is 71.3 Å². The van der Waals surface area contributed by atoms with Gasteiger partial charge in [-0.3, -0.25) is 8.98 Å². The number of hydrogen-bond donors (Lipinski definition) is 0. The Balaban J connectivity index is 2.69. The normalized spacial score (nSPS) is 29.7. The number of rotatable bonds is 2. The minimum absolute atomic E-state index is 0.0938. The van der Waals surface area contributed by atoms with Gasteiger partial charge in [-0.2, -0.15) is 8.42 Å². The van der Waals surface area contributed by atoms with E-state index in [1.54, 1.807) is 6.92 Å². The molecular formula is C7H10O4S. The highest BCUT2D eigenvalue weighted by Gasteiger charge is 2.29. The molecule has 0 aromatic heterocycles. The molecule has 4 nitrogen and oxygen atoms in total. The molecule has 1 aliphatic carbocycles. The van der Waals surface area contributed by atoms with E-state index in [0.29, 0.717) is 0 Å². The molecule has 0 fully saturated rings. The van der Waals surface area contributed by atoms with E-state index < -0.39 is 16.2 Å². The van der Waals surface area contributed by atoms with Crippen LogP contribution in [0.1, 0.15) is 6.92 Å². The SMILES string of the molecule is C[C@H]1C(=O)C=C[C@@H]1OS(C)(=O)=O. The molecule has 0 aromatic carbocycles. The second kappa shape index (κ2) is 2.99. The molecule has 0 heterocycles. The Morgan fingerprint density at radius 2 is 2.08 bits per heavy atom. The van der Waals surface area contributed by atoms with Crippen LogP contribution in [0.2, 0.25) is 0 Å². The van der Waals surface area contributed by atoms with E-state index >= 15 is 0 Å². The molecular weight excluding hydrogens is 180 g/mol. The Kier molecular flexibility index (Phi) is 2.34. The van der Waals surface area contributed by atoms with Gasteiger partial charge in [0, 0.05) is 0 Å². The molecule has 0 aromatic rings. The monoisotopic (exact) mass is 190 g/mol. The van der Waals surface area contributed by atoms with Crippen LogP contribution in [0.3, 0.4) is 0 Å². The molecule has 0 aliphatic heterocycles. The molecule has 1 rings (SSSR count). The Hall–Kier alpha value is -0.680. The van der Waals surface area contributed by atoms with Crippen molar-refractivity contribution < 1.29 is 17.4 Å². The Bertz CT molecular complexity index is 314. The average Bonchev–Trinajstić information content (AvgIpc) is 2.16. The van der Waals surface area contributed by atoms with Gasteiger partial charge in [0.15, 0.2) is 5.78 Å². The fourth-order valence-corrected chi connectivity index (χ4v) is 1.62. The summed E-state index contributed by atoms with van der Waals surface area (Å²) in [7, 11) is -3.47. The quantitative estimate of drug-likeness (QED) is 0.580. The van der Waals surface area contributed by atoms with Crippen LogP contribution in [0.25, 0.3) is 0 Å². The lowest BCUT2D eigenvalue weighted by molar-refractivity contribution is -0.118. The van der Waals surface area contributed by atoms with Crippen molar-refractivity contribution in [3.63, 3.8) is 0 Å². The highest BCUT2D eigenvalue weighted by atomic mass is 32.2. The third-order valence-corrected chi connectivity index (χ3v) is 2.25. The zero-order valence-electron chi connectivity index (χ0n) is 6.85. The minimum Gasteiger partial charge on any atom is -0.294 e. The van der Waals surface area contributed by atoms with Crippen molar-refractivity contribution in [3.05, 3.63) is 12.2 Å². The topological polar surface area (TPSA) is 60.4 Å². The predicted molar refractivity (Wildman–Crippen MR) is 43.0 cm³/mol. The fourth-order valence-electron chi connectivity index (χ4n) is 0.987. The van der Waals surface area contributed by atoms with Gasteiger partial charge < -0.3 is 0 Å². The summed E-state index contributed by atoms with van der Waals surface area (Å²) in [6.07, 6.45) is 3.16. The Morgan fingerprint density at radius 3 is 2.42 bits per heavy atom. The smallest absolute Gasteiger partial charge is 0.264 e. The Morgan fingerprint density at radius 1 is 1.50 bits per heavy atom. The molecule has 0 unspecified atom stereocenters. The number of ketones is 1. The first-order chi connectivity index (χ1) is 5.40. The van der Waals surface area contributed by atoms with Crippen molar-refractivity contribution >= 4 is 15.9 Å². The van der Waals surface area contributed by atoms with Gasteiger partial charge in [-0.15, -0.1) is 0 Å². The van der Waals surface area contributed by atoms with Crippen molar-refractivity contribution in [2.75, 3.05) is 6.26 Å². The van der Waals surface area contributed by atoms with Gasteiger partial charge in [0.2, 0.25) is 0 Å². The average molecular weight is 190 g/mol. The largest absolute Gasteiger partial charge is 0.294 e. The maximum absolute atomic E-state index is 10.9. The summed E-state index contributed by atoms with van der Waals surface area (Å²) in [6.45, 7) is 1.64. The molecule has 68 valence electrons. The van der Waals surface area contributed by atoms with E-state index in [0.717, 1.165) is 6.26 Å². The molecule has 2 atom stereocenters. The molecule has 12 heavy (non-hydrogen) atoms. The second-order valence-corrected chi connectivity index (χ2v) is 4.42. The first-order valence-corrected chi connectivity index (χ1v) is 5.32. The summed E-state index contributed by atoms with van der Waals surface area (Å²) < 4.78 is 26.0. The van der Waals surface area contributed by atoms with Gasteiger partial charge in [0.1, 0.15) is 6.10 Å². The van der Waals surface area contributed by atoms with Gasteiger partial charge in [-0.25, -0.2) is 0 Å². The van der Waals surface area contributed by atoms with E-state index in [1.165, 1.54) is 12.2 Å². The second-order valence-electron chi connectivity index (χ2n) is 2.82. The minimum atomic E-state index is -3.47. The summed E-state index contributed by atoms with van der Waals surface area (Å²) in [5.74, 6) is -0.483. The van der Waals surface area contributed by atoms with Gasteiger partial charge in [0.05, 0.1) is 12.2 Å². The molecule has 1 aliphatic rings. The van der Waals surface area contributed by atoms with Crippen LogP contribution in [0.5, 0.6) is 0 Å². The summed E-state index contributed by atoms with van der Waals surface area (Å²) in [5, 5.41) is 0. The molecule has 0 bridgehead atoms. The first kappa shape index (κ1) is 9.41. The van der Waals surface area contributed by atoms with Crippen molar-refractivity contribution in [2.45, 2.75) is 13.0 Å². The molecule has 0 N–H and O–H groups in total. The van der Waals surface area contributed by atoms with E-state index in [4.69, 9.17) is 0 Å². The number of allylic oxidation sites excluding steroid dienone is 1. The van der Waals surface area contributed by atoms with Gasteiger partial charge in [0.25, 0.3) is 10.1 Å². The zero-order valence-corrected chi connectivity index (χ0v) is 7.67. The molecule has 0 amide bonds. The fraction of sp³-hybridized carbons (Fsp3) is 0.571. The van der Waals surface area contributed by atoms with Crippen LogP contribution in [0, 0.1) is 5.92 Å². The standard InChI is InChI=1S/C7H10O4S/c1-5-6(8)3-4-7(5)11-12(2,9)10/h3-5,7H,1-2H3/t5-,7-/m0/s1. The first-order valence-electron chi connectivity index (χ1n) is 3.50. The summed E-state index contributed by atoms with van der Waals surface area (Å²) in [4.78, 5) is 10.9. The zero-order chi connectivity index (χ0) is 9.35. The van der Waals surface area contributed by atoms with Gasteiger partial charge >= 0.3 is 0 Å². The van der Waals surface area contributed by atoms with Crippen molar-refractivity contribution in [1.29, 1.82) is 0 Å². The molecule has 0 saturated heterocycles. The highest BCUT2D eigenvalue weighted by molar-refractivity contribution is 7.86. The molecule has 0 saturated carbocycles. The van der Waals surface area contributed by atoms with Crippen LogP contribution in [0.15, 0.2) is 12.2 Å². The van der Waals surface area contributed by atoms with Crippen LogP contribution >= 0.6 is 0 Å². The molecule has 0 spiro atoms. The van der Waals surface area contributed by atoms with Crippen molar-refractivity contribution in [1.82, 2.24) is 0 Å². The maximum atomic E-state index is 10.9. The van der Waals surface area contributed by atoms with E-state index in [9.17, 15) is 13.2 Å². The van der Waals surface area contributed by atoms with Crippen LogP contribution in [-0.2, 0) is 19.1 Å². The van der Waals surface area contributed by atoms with Crippen LogP contribution < -0.4 is 0 Å². The lowest BCUT2D eigenvalue weighted by Crippen LogP contribution is -2.22. The maximum Gasteiger partial charge on any atom is 0.264 e. The molecule has 5 heteroatoms. The molecule has 0 radical (unpaired) electrons. The van der Waals surface area contributed by atoms with Gasteiger partial charge in [-0.1, -0.05) is 13.0 Å². The van der Waals surface area contributed by atoms with Crippen molar-refractivity contribution in [3.8, 4) is 0 Å². The lowest BCUT2D eigenvalue weighted by Gasteiger charge is -2.11. The number of carbonyl (C=O) groups excluding carboxylic acids is 1. The van der Waals surface area contributed by atoms with E-state index in [2.05, 4.69) is 4.18 Å². The summed E-state index contributed by atoms with van der Waals surface area (Å²) in [6, 6.07) is 0. The summed E-state index contributed by atoms with van der Waals surface area (Å²) >= 11 is 0. The lowest BCUT2D eigenvalue weighted by atomic mass is 10.1. The summed E-state index contributed by atoms with van der Waals surface area (Å²) in [5.41, 5.74) is 0. The highest BCUT2D eigenvalue weighted by Crippen LogP contribution is 2.19.